The summed E-state index contributed by atoms with van der Waals surface area (Å²) in [7, 11) is 1.80. The van der Waals surface area contributed by atoms with Crippen molar-refractivity contribution < 1.29 is 4.79 Å². The zero-order valence-corrected chi connectivity index (χ0v) is 11.8. The van der Waals surface area contributed by atoms with Gasteiger partial charge in [0.15, 0.2) is 0 Å². The van der Waals surface area contributed by atoms with Crippen LogP contribution in [-0.4, -0.2) is 24.5 Å². The average molecular weight is 261 g/mol. The molecule has 2 rings (SSSR count). The minimum atomic E-state index is -0.00861. The first-order valence-corrected chi connectivity index (χ1v) is 7.05. The highest BCUT2D eigenvalue weighted by Crippen LogP contribution is 2.34. The summed E-state index contributed by atoms with van der Waals surface area (Å²) in [5.74, 6) is 0.710. The van der Waals surface area contributed by atoms with Gasteiger partial charge in [0.1, 0.15) is 5.82 Å². The lowest BCUT2D eigenvalue weighted by Crippen LogP contribution is -2.37. The molecule has 1 aromatic rings. The average Bonchev–Trinajstić information content (AvgIpc) is 2.46. The van der Waals surface area contributed by atoms with Crippen LogP contribution in [0.4, 0.5) is 5.82 Å². The van der Waals surface area contributed by atoms with Crippen molar-refractivity contribution in [2.24, 2.45) is 5.41 Å². The Kier molecular flexibility index (Phi) is 4.40. The van der Waals surface area contributed by atoms with Crippen LogP contribution in [-0.2, 0) is 0 Å². The second-order valence-electron chi connectivity index (χ2n) is 5.73. The van der Waals surface area contributed by atoms with Crippen molar-refractivity contribution in [3.63, 3.8) is 0 Å². The van der Waals surface area contributed by atoms with Gasteiger partial charge in [-0.2, -0.15) is 0 Å². The Balaban J connectivity index is 1.93. The maximum Gasteiger partial charge on any atom is 0.251 e. The number of nitrogens with zero attached hydrogens (tertiary/aromatic N) is 1. The van der Waals surface area contributed by atoms with E-state index in [1.165, 1.54) is 32.1 Å². The zero-order chi connectivity index (χ0) is 13.7. The number of carbonyl (C=O) groups is 1. The quantitative estimate of drug-likeness (QED) is 0.876. The second kappa shape index (κ2) is 6.04. The summed E-state index contributed by atoms with van der Waals surface area (Å²) in [6.45, 7) is 3.04. The Labute approximate surface area is 115 Å². The van der Waals surface area contributed by atoms with Crippen molar-refractivity contribution >= 4 is 11.7 Å². The third-order valence-corrected chi connectivity index (χ3v) is 4.01. The molecule has 1 saturated carbocycles. The topological polar surface area (TPSA) is 54.0 Å². The number of hydrogen-bond acceptors (Lipinski definition) is 3. The first kappa shape index (κ1) is 13.8. The van der Waals surface area contributed by atoms with Crippen molar-refractivity contribution in [1.82, 2.24) is 10.3 Å². The van der Waals surface area contributed by atoms with E-state index in [1.54, 1.807) is 25.4 Å². The van der Waals surface area contributed by atoms with Crippen LogP contribution in [0.25, 0.3) is 0 Å². The molecule has 1 aromatic heterocycles. The van der Waals surface area contributed by atoms with Gasteiger partial charge in [0.2, 0.25) is 0 Å². The predicted molar refractivity (Wildman–Crippen MR) is 77.3 cm³/mol. The van der Waals surface area contributed by atoms with Crippen LogP contribution >= 0.6 is 0 Å². The van der Waals surface area contributed by atoms with Crippen LogP contribution in [0.5, 0.6) is 0 Å². The van der Waals surface area contributed by atoms with Crippen LogP contribution < -0.4 is 10.6 Å². The molecule has 4 nitrogen and oxygen atoms in total. The van der Waals surface area contributed by atoms with Gasteiger partial charge in [-0.25, -0.2) is 4.98 Å². The largest absolute Gasteiger partial charge is 0.373 e. The Morgan fingerprint density at radius 1 is 1.37 bits per heavy atom. The first-order valence-electron chi connectivity index (χ1n) is 7.05. The first-order chi connectivity index (χ1) is 9.13. The van der Waals surface area contributed by atoms with Crippen LogP contribution in [0.1, 0.15) is 49.4 Å². The van der Waals surface area contributed by atoms with E-state index in [-0.39, 0.29) is 11.3 Å². The van der Waals surface area contributed by atoms with E-state index in [0.717, 1.165) is 12.4 Å². The van der Waals surface area contributed by atoms with Crippen LogP contribution in [0.15, 0.2) is 18.3 Å². The Morgan fingerprint density at radius 3 is 2.79 bits per heavy atom. The fourth-order valence-electron chi connectivity index (χ4n) is 2.69. The summed E-state index contributed by atoms with van der Waals surface area (Å²) < 4.78 is 0. The molecule has 0 saturated heterocycles. The van der Waals surface area contributed by atoms with Gasteiger partial charge in [0.05, 0.1) is 0 Å². The van der Waals surface area contributed by atoms with E-state index in [0.29, 0.717) is 5.56 Å². The molecule has 1 aliphatic carbocycles. The number of pyridine rings is 1. The zero-order valence-electron chi connectivity index (χ0n) is 11.8. The fourth-order valence-corrected chi connectivity index (χ4v) is 2.69. The molecule has 0 unspecified atom stereocenters. The number of nitrogens with one attached hydrogen (secondary N) is 2. The van der Waals surface area contributed by atoms with Crippen molar-refractivity contribution in [1.29, 1.82) is 0 Å². The molecule has 0 atom stereocenters. The van der Waals surface area contributed by atoms with Crippen molar-refractivity contribution in [3.05, 3.63) is 23.9 Å². The van der Waals surface area contributed by atoms with Crippen LogP contribution in [0, 0.1) is 5.41 Å². The third kappa shape index (κ3) is 3.69. The molecule has 0 radical (unpaired) electrons. The van der Waals surface area contributed by atoms with Gasteiger partial charge in [-0.3, -0.25) is 4.79 Å². The maximum atomic E-state index is 12.1. The summed E-state index contributed by atoms with van der Waals surface area (Å²) in [4.78, 5) is 16.2. The number of anilines is 1. The summed E-state index contributed by atoms with van der Waals surface area (Å²) in [5.41, 5.74) is 0.936. The summed E-state index contributed by atoms with van der Waals surface area (Å²) in [6, 6.07) is 3.53. The highest BCUT2D eigenvalue weighted by Gasteiger charge is 2.27. The van der Waals surface area contributed by atoms with Gasteiger partial charge in [0, 0.05) is 25.4 Å². The van der Waals surface area contributed by atoms with E-state index in [9.17, 15) is 4.79 Å². The standard InChI is InChI=1S/C15H23N3O/c1-15(7-4-3-5-8-15)11-18-14(19)12-6-9-17-13(10-12)16-2/h6,9-10H,3-5,7-8,11H2,1-2H3,(H,16,17)(H,18,19). The van der Waals surface area contributed by atoms with Crippen molar-refractivity contribution in [3.8, 4) is 0 Å². The van der Waals surface area contributed by atoms with Crippen LogP contribution in [0.3, 0.4) is 0 Å². The van der Waals surface area contributed by atoms with E-state index in [2.05, 4.69) is 22.5 Å². The number of hydrogen-bond donors (Lipinski definition) is 2. The highest BCUT2D eigenvalue weighted by atomic mass is 16.1. The molecule has 0 spiro atoms. The number of rotatable bonds is 4. The van der Waals surface area contributed by atoms with E-state index < -0.39 is 0 Å². The molecular formula is C15H23N3O. The van der Waals surface area contributed by atoms with Gasteiger partial charge < -0.3 is 10.6 Å². The molecule has 0 bridgehead atoms. The normalized spacial score (nSPS) is 17.8. The molecule has 0 aliphatic heterocycles. The minimum Gasteiger partial charge on any atom is -0.373 e. The maximum absolute atomic E-state index is 12.1. The van der Waals surface area contributed by atoms with Crippen molar-refractivity contribution in [2.75, 3.05) is 18.9 Å². The minimum absolute atomic E-state index is 0.00861. The smallest absolute Gasteiger partial charge is 0.251 e. The van der Waals surface area contributed by atoms with Crippen LogP contribution in [0.2, 0.25) is 0 Å². The van der Waals surface area contributed by atoms with Gasteiger partial charge in [-0.15, -0.1) is 0 Å². The molecule has 1 aliphatic rings. The van der Waals surface area contributed by atoms with Crippen molar-refractivity contribution in [2.45, 2.75) is 39.0 Å². The molecule has 1 amide bonds. The SMILES string of the molecule is CNc1cc(C(=O)NCC2(C)CCCCC2)ccn1. The van der Waals surface area contributed by atoms with Gasteiger partial charge in [0.25, 0.3) is 5.91 Å². The lowest BCUT2D eigenvalue weighted by Gasteiger charge is -2.33. The van der Waals surface area contributed by atoms with Gasteiger partial charge in [-0.05, 0) is 30.4 Å². The summed E-state index contributed by atoms with van der Waals surface area (Å²) in [6.07, 6.45) is 7.98. The molecule has 0 aromatic carbocycles. The lowest BCUT2D eigenvalue weighted by molar-refractivity contribution is 0.0919. The Bertz CT molecular complexity index is 439. The summed E-state index contributed by atoms with van der Waals surface area (Å²) in [5, 5.41) is 6.01. The molecular weight excluding hydrogens is 238 g/mol. The molecule has 4 heteroatoms. The highest BCUT2D eigenvalue weighted by molar-refractivity contribution is 5.94. The second-order valence-corrected chi connectivity index (χ2v) is 5.73. The molecule has 2 N–H and O–H groups in total. The fraction of sp³-hybridized carbons (Fsp3) is 0.600. The summed E-state index contributed by atoms with van der Waals surface area (Å²) >= 11 is 0. The van der Waals surface area contributed by atoms with E-state index in [1.807, 2.05) is 0 Å². The third-order valence-electron chi connectivity index (χ3n) is 4.01. The number of amides is 1. The Morgan fingerprint density at radius 2 is 2.11 bits per heavy atom. The number of carbonyl (C=O) groups excluding carboxylic acids is 1. The monoisotopic (exact) mass is 261 g/mol. The van der Waals surface area contributed by atoms with E-state index in [4.69, 9.17) is 0 Å². The lowest BCUT2D eigenvalue weighted by atomic mass is 9.76. The molecule has 104 valence electrons. The molecule has 1 heterocycles. The van der Waals surface area contributed by atoms with Gasteiger partial charge in [-0.1, -0.05) is 26.2 Å². The predicted octanol–water partition coefficient (Wildman–Crippen LogP) is 2.82. The molecule has 1 fully saturated rings. The van der Waals surface area contributed by atoms with Gasteiger partial charge >= 0.3 is 0 Å². The number of aromatic nitrogens is 1. The Hall–Kier alpha value is -1.58. The molecule has 19 heavy (non-hydrogen) atoms. The van der Waals surface area contributed by atoms with E-state index >= 15 is 0 Å².